The van der Waals surface area contributed by atoms with E-state index in [0.29, 0.717) is 18.9 Å². The van der Waals surface area contributed by atoms with E-state index in [-0.39, 0.29) is 23.7 Å². The molecule has 0 saturated carbocycles. The summed E-state index contributed by atoms with van der Waals surface area (Å²) in [7, 11) is -3.54. The number of amides is 1. The summed E-state index contributed by atoms with van der Waals surface area (Å²) >= 11 is 0. The van der Waals surface area contributed by atoms with Gasteiger partial charge in [-0.2, -0.15) is 5.10 Å². The number of sulfonamides is 1. The Bertz CT molecular complexity index is 873. The van der Waals surface area contributed by atoms with Crippen LogP contribution < -0.4 is 10.5 Å². The Labute approximate surface area is 159 Å². The largest absolute Gasteiger partial charge is 0.368 e. The number of aromatic nitrogens is 2. The number of hydrogen-bond acceptors (Lipinski definition) is 5. The van der Waals surface area contributed by atoms with Gasteiger partial charge in [0, 0.05) is 19.2 Å². The van der Waals surface area contributed by atoms with Crippen molar-refractivity contribution >= 4 is 21.7 Å². The van der Waals surface area contributed by atoms with E-state index < -0.39 is 10.0 Å². The van der Waals surface area contributed by atoms with E-state index in [1.807, 2.05) is 23.1 Å². The SMILES string of the molecule is C[C@H](C(N)=O)N1CCC(n2nccc2NS(=O)(=O)Cc2ccccc2)CC1. The lowest BCUT2D eigenvalue weighted by Crippen LogP contribution is -2.46. The van der Waals surface area contributed by atoms with Crippen molar-refractivity contribution in [3.8, 4) is 0 Å². The first-order chi connectivity index (χ1) is 12.9. The highest BCUT2D eigenvalue weighted by Gasteiger charge is 2.28. The lowest BCUT2D eigenvalue weighted by Gasteiger charge is -2.35. The van der Waals surface area contributed by atoms with E-state index in [0.717, 1.165) is 18.4 Å². The Hall–Kier alpha value is -2.39. The van der Waals surface area contributed by atoms with Crippen molar-refractivity contribution in [1.82, 2.24) is 14.7 Å². The van der Waals surface area contributed by atoms with Gasteiger partial charge in [-0.15, -0.1) is 0 Å². The fraction of sp³-hybridized carbons (Fsp3) is 0.444. The van der Waals surface area contributed by atoms with Crippen LogP contribution in [0.5, 0.6) is 0 Å². The summed E-state index contributed by atoms with van der Waals surface area (Å²) in [6, 6.07) is 10.5. The fourth-order valence-electron chi connectivity index (χ4n) is 3.37. The summed E-state index contributed by atoms with van der Waals surface area (Å²) in [4.78, 5) is 13.4. The number of piperidine rings is 1. The first-order valence-corrected chi connectivity index (χ1v) is 10.6. The fourth-order valence-corrected chi connectivity index (χ4v) is 4.56. The molecule has 3 rings (SSSR count). The van der Waals surface area contributed by atoms with Crippen LogP contribution >= 0.6 is 0 Å². The zero-order valence-electron chi connectivity index (χ0n) is 15.3. The summed E-state index contributed by atoms with van der Waals surface area (Å²) in [6.07, 6.45) is 3.14. The molecule has 9 heteroatoms. The maximum atomic E-state index is 12.5. The minimum Gasteiger partial charge on any atom is -0.368 e. The van der Waals surface area contributed by atoms with Gasteiger partial charge in [0.15, 0.2) is 0 Å². The van der Waals surface area contributed by atoms with Crippen molar-refractivity contribution in [3.05, 3.63) is 48.2 Å². The number of nitrogens with two attached hydrogens (primary N) is 1. The van der Waals surface area contributed by atoms with Crippen LogP contribution in [0.15, 0.2) is 42.6 Å². The lowest BCUT2D eigenvalue weighted by atomic mass is 10.0. The van der Waals surface area contributed by atoms with Crippen LogP contribution in [0, 0.1) is 0 Å². The van der Waals surface area contributed by atoms with Crippen molar-refractivity contribution in [2.75, 3.05) is 17.8 Å². The molecule has 1 aliphatic rings. The molecule has 0 bridgehead atoms. The quantitative estimate of drug-likeness (QED) is 0.740. The summed E-state index contributed by atoms with van der Waals surface area (Å²) < 4.78 is 29.4. The molecule has 2 aromatic rings. The summed E-state index contributed by atoms with van der Waals surface area (Å²) in [5.41, 5.74) is 6.10. The topological polar surface area (TPSA) is 110 Å². The molecule has 1 fully saturated rings. The van der Waals surface area contributed by atoms with Crippen LogP contribution in [0.4, 0.5) is 5.82 Å². The zero-order valence-corrected chi connectivity index (χ0v) is 16.1. The standard InChI is InChI=1S/C18H25N5O3S/c1-14(18(19)24)22-11-8-16(9-12-22)23-17(7-10-20-23)21-27(25,26)13-15-5-3-2-4-6-15/h2-7,10,14,16,21H,8-9,11-13H2,1H3,(H2,19,24)/t14-/m1/s1. The Kier molecular flexibility index (Phi) is 5.81. The van der Waals surface area contributed by atoms with E-state index in [1.54, 1.807) is 36.0 Å². The van der Waals surface area contributed by atoms with Crippen molar-refractivity contribution in [1.29, 1.82) is 0 Å². The maximum Gasteiger partial charge on any atom is 0.238 e. The molecule has 0 radical (unpaired) electrons. The predicted molar refractivity (Wildman–Crippen MR) is 103 cm³/mol. The van der Waals surface area contributed by atoms with Crippen molar-refractivity contribution in [2.24, 2.45) is 5.73 Å². The molecule has 1 aliphatic heterocycles. The highest BCUT2D eigenvalue weighted by molar-refractivity contribution is 7.91. The van der Waals surface area contributed by atoms with E-state index in [9.17, 15) is 13.2 Å². The monoisotopic (exact) mass is 391 g/mol. The highest BCUT2D eigenvalue weighted by atomic mass is 32.2. The van der Waals surface area contributed by atoms with Crippen LogP contribution in [0.3, 0.4) is 0 Å². The van der Waals surface area contributed by atoms with Crippen molar-refractivity contribution < 1.29 is 13.2 Å². The Morgan fingerprint density at radius 2 is 1.93 bits per heavy atom. The average molecular weight is 391 g/mol. The van der Waals surface area contributed by atoms with Crippen LogP contribution in [0.25, 0.3) is 0 Å². The number of carbonyl (C=O) groups is 1. The van der Waals surface area contributed by atoms with E-state index in [2.05, 4.69) is 9.82 Å². The van der Waals surface area contributed by atoms with Crippen LogP contribution in [-0.4, -0.2) is 48.1 Å². The molecule has 27 heavy (non-hydrogen) atoms. The van der Waals surface area contributed by atoms with E-state index in [1.165, 1.54) is 0 Å². The third-order valence-corrected chi connectivity index (χ3v) is 6.17. The summed E-state index contributed by atoms with van der Waals surface area (Å²) in [6.45, 7) is 3.23. The van der Waals surface area contributed by atoms with Gasteiger partial charge in [0.2, 0.25) is 15.9 Å². The number of hydrogen-bond donors (Lipinski definition) is 2. The Morgan fingerprint density at radius 3 is 2.56 bits per heavy atom. The third kappa shape index (κ3) is 4.86. The van der Waals surface area contributed by atoms with Crippen LogP contribution in [0.1, 0.15) is 31.4 Å². The molecule has 1 aromatic carbocycles. The lowest BCUT2D eigenvalue weighted by molar-refractivity contribution is -0.123. The molecule has 8 nitrogen and oxygen atoms in total. The first-order valence-electron chi connectivity index (χ1n) is 8.97. The van der Waals surface area contributed by atoms with Gasteiger partial charge >= 0.3 is 0 Å². The summed E-state index contributed by atoms with van der Waals surface area (Å²) in [5.74, 6) is 0.0439. The molecular weight excluding hydrogens is 366 g/mol. The van der Waals surface area contributed by atoms with Gasteiger partial charge in [-0.3, -0.25) is 14.4 Å². The van der Waals surface area contributed by atoms with E-state index >= 15 is 0 Å². The van der Waals surface area contributed by atoms with E-state index in [4.69, 9.17) is 5.73 Å². The molecule has 3 N–H and O–H groups in total. The van der Waals surface area contributed by atoms with Crippen LogP contribution in [0.2, 0.25) is 0 Å². The number of carbonyl (C=O) groups excluding carboxylic acids is 1. The predicted octanol–water partition coefficient (Wildman–Crippen LogP) is 1.34. The Morgan fingerprint density at radius 1 is 1.26 bits per heavy atom. The zero-order chi connectivity index (χ0) is 19.4. The number of rotatable bonds is 7. The second-order valence-corrected chi connectivity index (χ2v) is 8.58. The van der Waals surface area contributed by atoms with Gasteiger partial charge in [0.05, 0.1) is 24.0 Å². The molecule has 1 aromatic heterocycles. The number of nitrogens with one attached hydrogen (secondary N) is 1. The van der Waals surface area contributed by atoms with Gasteiger partial charge in [0.25, 0.3) is 0 Å². The molecule has 1 amide bonds. The maximum absolute atomic E-state index is 12.5. The second kappa shape index (κ2) is 8.10. The minimum absolute atomic E-state index is 0.0748. The highest BCUT2D eigenvalue weighted by Crippen LogP contribution is 2.27. The molecule has 0 aliphatic carbocycles. The molecule has 2 heterocycles. The number of nitrogens with zero attached hydrogens (tertiary/aromatic N) is 3. The average Bonchev–Trinajstić information content (AvgIpc) is 3.08. The number of anilines is 1. The van der Waals surface area contributed by atoms with Gasteiger partial charge in [-0.1, -0.05) is 30.3 Å². The van der Waals surface area contributed by atoms with Crippen molar-refractivity contribution in [3.63, 3.8) is 0 Å². The van der Waals surface area contributed by atoms with Crippen molar-refractivity contribution in [2.45, 2.75) is 37.6 Å². The van der Waals surface area contributed by atoms with Gasteiger partial charge in [0.1, 0.15) is 5.82 Å². The smallest absolute Gasteiger partial charge is 0.238 e. The molecule has 1 saturated heterocycles. The van der Waals surface area contributed by atoms with Gasteiger partial charge in [-0.05, 0) is 25.3 Å². The van der Waals surface area contributed by atoms with Gasteiger partial charge in [-0.25, -0.2) is 13.1 Å². The first kappa shape index (κ1) is 19.4. The van der Waals surface area contributed by atoms with Gasteiger partial charge < -0.3 is 5.73 Å². The van der Waals surface area contributed by atoms with Crippen LogP contribution in [-0.2, 0) is 20.6 Å². The third-order valence-electron chi connectivity index (χ3n) is 4.93. The summed E-state index contributed by atoms with van der Waals surface area (Å²) in [5, 5.41) is 4.32. The molecule has 0 unspecified atom stereocenters. The number of benzene rings is 1. The number of primary amides is 1. The molecule has 146 valence electrons. The Balaban J connectivity index is 1.65. The molecule has 1 atom stereocenters. The number of likely N-dealkylation sites (tertiary alicyclic amines) is 1. The molecule has 0 spiro atoms. The minimum atomic E-state index is -3.54. The molecular formula is C18H25N5O3S. The second-order valence-electron chi connectivity index (χ2n) is 6.85. The normalized spacial score (nSPS) is 17.5.